The maximum atomic E-state index is 4.11. The molecule has 21 heavy (non-hydrogen) atoms. The van der Waals surface area contributed by atoms with Crippen LogP contribution in [0.15, 0.2) is 49.6 Å². The van der Waals surface area contributed by atoms with Gasteiger partial charge in [0.2, 0.25) is 0 Å². The van der Waals surface area contributed by atoms with Crippen LogP contribution in [0, 0.1) is 11.8 Å². The van der Waals surface area contributed by atoms with Gasteiger partial charge in [0, 0.05) is 11.8 Å². The van der Waals surface area contributed by atoms with Crippen molar-refractivity contribution in [1.82, 2.24) is 0 Å². The van der Waals surface area contributed by atoms with Crippen molar-refractivity contribution in [3.05, 3.63) is 49.6 Å². The number of likely N-dealkylation sites (tertiary alicyclic amines) is 1. The molecule has 120 valence electrons. The summed E-state index contributed by atoms with van der Waals surface area (Å²) < 4.78 is 1.11. The highest BCUT2D eigenvalue weighted by molar-refractivity contribution is 4.96. The normalized spacial score (nSPS) is 23.7. The van der Waals surface area contributed by atoms with Crippen LogP contribution in [-0.2, 0) is 0 Å². The molecule has 0 aromatic heterocycles. The summed E-state index contributed by atoms with van der Waals surface area (Å²) in [5, 5.41) is 0. The van der Waals surface area contributed by atoms with E-state index in [0.717, 1.165) is 42.2 Å². The second-order valence-corrected chi connectivity index (χ2v) is 6.94. The van der Waals surface area contributed by atoms with E-state index in [4.69, 9.17) is 0 Å². The zero-order valence-electron chi connectivity index (χ0n) is 13.9. The van der Waals surface area contributed by atoms with E-state index in [2.05, 4.69) is 52.3 Å². The molecule has 1 aliphatic heterocycles. The Morgan fingerprint density at radius 2 is 1.33 bits per heavy atom. The molecule has 1 aliphatic rings. The second-order valence-electron chi connectivity index (χ2n) is 6.94. The summed E-state index contributed by atoms with van der Waals surface area (Å²) in [6.07, 6.45) is 7.77. The molecule has 0 N–H and O–H groups in total. The smallest absolute Gasteiger partial charge is 0.0973 e. The SMILES string of the molecule is C=CC[N+]1(CC=C)CC(CC(=C)C)CC(CC(=C)C)C1.[Cl-]. The molecule has 0 aromatic carbocycles. The zero-order valence-corrected chi connectivity index (χ0v) is 14.7. The van der Waals surface area contributed by atoms with Gasteiger partial charge in [-0.25, -0.2) is 0 Å². The monoisotopic (exact) mass is 309 g/mol. The highest BCUT2D eigenvalue weighted by Gasteiger charge is 2.38. The summed E-state index contributed by atoms with van der Waals surface area (Å²) in [5.74, 6) is 1.48. The Hall–Kier alpha value is -0.790. The summed E-state index contributed by atoms with van der Waals surface area (Å²) in [5.41, 5.74) is 2.61. The average Bonchev–Trinajstić information content (AvgIpc) is 2.26. The number of quaternary nitrogens is 1. The first-order valence-electron chi connectivity index (χ1n) is 7.76. The van der Waals surface area contributed by atoms with Gasteiger partial charge in [0.15, 0.2) is 0 Å². The summed E-state index contributed by atoms with van der Waals surface area (Å²) in [6.45, 7) is 25.0. The van der Waals surface area contributed by atoms with Crippen molar-refractivity contribution in [3.8, 4) is 0 Å². The lowest BCUT2D eigenvalue weighted by Gasteiger charge is -2.47. The molecule has 0 radical (unpaired) electrons. The van der Waals surface area contributed by atoms with E-state index in [-0.39, 0.29) is 12.4 Å². The van der Waals surface area contributed by atoms with Crippen LogP contribution in [0.25, 0.3) is 0 Å². The molecule has 0 amide bonds. The number of piperidine rings is 1. The number of allylic oxidation sites excluding steroid dienone is 2. The fourth-order valence-corrected chi connectivity index (χ4v) is 3.99. The van der Waals surface area contributed by atoms with Crippen LogP contribution >= 0.6 is 0 Å². The van der Waals surface area contributed by atoms with E-state index in [0.29, 0.717) is 0 Å². The van der Waals surface area contributed by atoms with Crippen molar-refractivity contribution in [1.29, 1.82) is 0 Å². The molecule has 2 heteroatoms. The van der Waals surface area contributed by atoms with Crippen LogP contribution in [0.1, 0.15) is 33.1 Å². The summed E-state index contributed by atoms with van der Waals surface area (Å²) in [4.78, 5) is 0. The van der Waals surface area contributed by atoms with Crippen LogP contribution in [0.2, 0.25) is 0 Å². The van der Waals surface area contributed by atoms with Crippen molar-refractivity contribution >= 4 is 0 Å². The van der Waals surface area contributed by atoms with E-state index >= 15 is 0 Å². The molecular weight excluding hydrogens is 278 g/mol. The van der Waals surface area contributed by atoms with Gasteiger partial charge >= 0.3 is 0 Å². The minimum atomic E-state index is 0. The first-order chi connectivity index (χ1) is 9.40. The van der Waals surface area contributed by atoms with Crippen molar-refractivity contribution in [2.24, 2.45) is 11.8 Å². The summed E-state index contributed by atoms with van der Waals surface area (Å²) in [7, 11) is 0. The van der Waals surface area contributed by atoms with E-state index < -0.39 is 0 Å². The second kappa shape index (κ2) is 9.27. The lowest BCUT2D eigenvalue weighted by atomic mass is 9.81. The molecule has 1 fully saturated rings. The van der Waals surface area contributed by atoms with Crippen LogP contribution < -0.4 is 12.4 Å². The highest BCUT2D eigenvalue weighted by atomic mass is 35.5. The average molecular weight is 310 g/mol. The standard InChI is InChI=1S/C19H32N.ClH/c1-7-9-20(10-8-2)14-18(11-16(3)4)13-19(15-20)12-17(5)6;/h7-8,18-19H,1-3,5,9-15H2,4,6H3;1H/q+1;/p-1. The van der Waals surface area contributed by atoms with E-state index in [1.807, 2.05) is 0 Å². The molecule has 0 aromatic rings. The van der Waals surface area contributed by atoms with Gasteiger partial charge in [0.1, 0.15) is 0 Å². The molecule has 0 saturated carbocycles. The number of hydrogen-bond donors (Lipinski definition) is 0. The Balaban J connectivity index is 0.00000400. The zero-order chi connectivity index (χ0) is 15.2. The minimum Gasteiger partial charge on any atom is -1.00 e. The van der Waals surface area contributed by atoms with Crippen LogP contribution in [0.3, 0.4) is 0 Å². The molecular formula is C19H32ClN. The highest BCUT2D eigenvalue weighted by Crippen LogP contribution is 2.34. The van der Waals surface area contributed by atoms with E-state index in [1.165, 1.54) is 30.7 Å². The maximum Gasteiger partial charge on any atom is 0.0973 e. The first-order valence-corrected chi connectivity index (χ1v) is 7.76. The van der Waals surface area contributed by atoms with Gasteiger partial charge < -0.3 is 16.9 Å². The fraction of sp³-hybridized carbons (Fsp3) is 0.579. The summed E-state index contributed by atoms with van der Waals surface area (Å²) >= 11 is 0. The van der Waals surface area contributed by atoms with Gasteiger partial charge in [-0.2, -0.15) is 0 Å². The quantitative estimate of drug-likeness (QED) is 0.473. The lowest BCUT2D eigenvalue weighted by molar-refractivity contribution is -0.929. The lowest BCUT2D eigenvalue weighted by Crippen LogP contribution is -3.00. The van der Waals surface area contributed by atoms with Crippen molar-refractivity contribution < 1.29 is 16.9 Å². The first kappa shape index (κ1) is 20.2. The van der Waals surface area contributed by atoms with Gasteiger partial charge in [-0.3, -0.25) is 0 Å². The number of nitrogens with zero attached hydrogens (tertiary/aromatic N) is 1. The van der Waals surface area contributed by atoms with Crippen molar-refractivity contribution in [2.75, 3.05) is 26.2 Å². The Morgan fingerprint density at radius 1 is 0.952 bits per heavy atom. The van der Waals surface area contributed by atoms with E-state index in [9.17, 15) is 0 Å². The predicted octanol–water partition coefficient (Wildman–Crippen LogP) is 1.75. The Morgan fingerprint density at radius 3 is 1.62 bits per heavy atom. The Labute approximate surface area is 138 Å². The Kier molecular flexibility index (Phi) is 8.92. The number of rotatable bonds is 8. The van der Waals surface area contributed by atoms with Gasteiger partial charge in [0.25, 0.3) is 0 Å². The maximum absolute atomic E-state index is 4.11. The molecule has 1 rings (SSSR count). The molecule has 0 aliphatic carbocycles. The van der Waals surface area contributed by atoms with Gasteiger partial charge in [-0.05, 0) is 45.3 Å². The fourth-order valence-electron chi connectivity index (χ4n) is 3.99. The number of hydrogen-bond acceptors (Lipinski definition) is 0. The van der Waals surface area contributed by atoms with Crippen LogP contribution in [-0.4, -0.2) is 30.7 Å². The third-order valence-corrected chi connectivity index (χ3v) is 4.26. The largest absolute Gasteiger partial charge is 1.00 e. The molecule has 0 bridgehead atoms. The topological polar surface area (TPSA) is 0 Å². The number of halogens is 1. The molecule has 1 heterocycles. The van der Waals surface area contributed by atoms with E-state index in [1.54, 1.807) is 0 Å². The summed E-state index contributed by atoms with van der Waals surface area (Å²) in [6, 6.07) is 0. The molecule has 2 unspecified atom stereocenters. The third kappa shape index (κ3) is 6.67. The molecule has 1 nitrogen and oxygen atoms in total. The molecule has 0 spiro atoms. The van der Waals surface area contributed by atoms with Crippen molar-refractivity contribution in [2.45, 2.75) is 33.1 Å². The third-order valence-electron chi connectivity index (χ3n) is 4.26. The van der Waals surface area contributed by atoms with Gasteiger partial charge in [-0.15, -0.1) is 13.2 Å². The van der Waals surface area contributed by atoms with Crippen molar-refractivity contribution in [3.63, 3.8) is 0 Å². The van der Waals surface area contributed by atoms with Gasteiger partial charge in [-0.1, -0.05) is 24.3 Å². The molecule has 1 saturated heterocycles. The molecule has 2 atom stereocenters. The minimum absolute atomic E-state index is 0. The van der Waals surface area contributed by atoms with Crippen LogP contribution in [0.5, 0.6) is 0 Å². The van der Waals surface area contributed by atoms with Crippen LogP contribution in [0.4, 0.5) is 0 Å². The van der Waals surface area contributed by atoms with Gasteiger partial charge in [0.05, 0.1) is 26.2 Å². The Bertz CT molecular complexity index is 347. The predicted molar refractivity (Wildman–Crippen MR) is 90.6 cm³/mol.